The molecule has 0 aromatic heterocycles. The highest BCUT2D eigenvalue weighted by Gasteiger charge is 2.55. The van der Waals surface area contributed by atoms with Crippen molar-refractivity contribution < 1.29 is 62.9 Å². The smallest absolute Gasteiger partial charge is 0.340 e. The number of carbonyl (C=O) groups is 4. The first-order valence-electron chi connectivity index (χ1n) is 17.0. The van der Waals surface area contributed by atoms with Gasteiger partial charge in [0.1, 0.15) is 51.7 Å². The van der Waals surface area contributed by atoms with E-state index in [1.54, 1.807) is 42.5 Å². The Morgan fingerprint density at radius 1 is 0.482 bits per heavy atom. The molecule has 4 aliphatic rings. The Labute approximate surface area is 316 Å². The SMILES string of the molecule is Cc1ccc2c(c1)Oc1cc(O)ccc1C21OC(=O)c2cc(OC=O)ccc21.O=COc1ccc2c(c1)C(=O)OC21c2ccc(O)cc2Oc2cc(O)ccc21. The molecule has 0 bridgehead atoms. The van der Waals surface area contributed by atoms with Crippen molar-refractivity contribution in [2.75, 3.05) is 0 Å². The van der Waals surface area contributed by atoms with Crippen LogP contribution in [0.1, 0.15) is 59.7 Å². The molecule has 1 unspecified atom stereocenters. The highest BCUT2D eigenvalue weighted by Crippen LogP contribution is 2.58. The van der Waals surface area contributed by atoms with Gasteiger partial charge < -0.3 is 43.7 Å². The molecule has 1 atom stereocenters. The summed E-state index contributed by atoms with van der Waals surface area (Å²) >= 11 is 0. The Bertz CT molecular complexity index is 2410. The van der Waals surface area contributed by atoms with Crippen molar-refractivity contribution in [1.29, 1.82) is 0 Å². The van der Waals surface area contributed by atoms with Crippen LogP contribution in [0.3, 0.4) is 0 Å². The summed E-state index contributed by atoms with van der Waals surface area (Å²) in [7, 11) is 0. The van der Waals surface area contributed by atoms with Crippen molar-refractivity contribution in [2.45, 2.75) is 18.1 Å². The Hall–Kier alpha value is -7.80. The van der Waals surface area contributed by atoms with E-state index in [4.69, 9.17) is 28.4 Å². The number of ether oxygens (including phenoxy) is 6. The highest BCUT2D eigenvalue weighted by molar-refractivity contribution is 5.98. The van der Waals surface area contributed by atoms with E-state index in [0.717, 1.165) is 5.56 Å². The number of esters is 2. The van der Waals surface area contributed by atoms with Crippen LogP contribution in [0.25, 0.3) is 0 Å². The Morgan fingerprint density at radius 2 is 0.839 bits per heavy atom. The fraction of sp³-hybridized carbons (Fsp3) is 0.0698. The largest absolute Gasteiger partial charge is 0.508 e. The van der Waals surface area contributed by atoms with E-state index >= 15 is 0 Å². The Morgan fingerprint density at radius 3 is 1.23 bits per heavy atom. The van der Waals surface area contributed by atoms with Gasteiger partial charge in [-0.15, -0.1) is 0 Å². The minimum absolute atomic E-state index is 0.0169. The van der Waals surface area contributed by atoms with Gasteiger partial charge in [0.15, 0.2) is 11.2 Å². The molecule has 6 aromatic carbocycles. The average molecular weight is 751 g/mol. The molecule has 0 amide bonds. The first kappa shape index (κ1) is 34.0. The topological polar surface area (TPSA) is 184 Å². The zero-order valence-corrected chi connectivity index (χ0v) is 29.0. The summed E-state index contributed by atoms with van der Waals surface area (Å²) < 4.78 is 33.5. The van der Waals surface area contributed by atoms with Crippen molar-refractivity contribution in [3.8, 4) is 51.7 Å². The molecule has 0 fully saturated rings. The Balaban J connectivity index is 0.000000146. The number of phenols is 3. The predicted octanol–water partition coefficient (Wildman–Crippen LogP) is 7.00. The van der Waals surface area contributed by atoms with Crippen LogP contribution in [0, 0.1) is 6.92 Å². The van der Waals surface area contributed by atoms with Gasteiger partial charge in [-0.2, -0.15) is 0 Å². The van der Waals surface area contributed by atoms with Gasteiger partial charge in [-0.3, -0.25) is 9.59 Å². The van der Waals surface area contributed by atoms with Crippen LogP contribution in [0.15, 0.2) is 109 Å². The third-order valence-electron chi connectivity index (χ3n) is 10.0. The van der Waals surface area contributed by atoms with Crippen molar-refractivity contribution in [1.82, 2.24) is 0 Å². The number of phenolic OH excluding ortho intramolecular Hbond substituents is 3. The maximum atomic E-state index is 12.8. The maximum absolute atomic E-state index is 12.8. The normalized spacial score (nSPS) is 16.8. The molecule has 10 rings (SSSR count). The second-order valence-electron chi connectivity index (χ2n) is 13.2. The van der Waals surface area contributed by atoms with Gasteiger partial charge in [-0.05, 0) is 91.3 Å². The number of benzene rings is 6. The third-order valence-corrected chi connectivity index (χ3v) is 10.0. The van der Waals surface area contributed by atoms with E-state index in [9.17, 15) is 34.5 Å². The summed E-state index contributed by atoms with van der Waals surface area (Å²) in [5, 5.41) is 29.7. The molecule has 6 aromatic rings. The lowest BCUT2D eigenvalue weighted by Crippen LogP contribution is -2.33. The number of hydrogen-bond acceptors (Lipinski definition) is 13. The van der Waals surface area contributed by atoms with E-state index in [0.29, 0.717) is 68.4 Å². The lowest BCUT2D eigenvalue weighted by atomic mass is 9.77. The van der Waals surface area contributed by atoms with Crippen molar-refractivity contribution in [3.05, 3.63) is 159 Å². The van der Waals surface area contributed by atoms with Gasteiger partial charge in [0, 0.05) is 51.6 Å². The molecule has 0 radical (unpaired) electrons. The number of aromatic hydroxyl groups is 3. The summed E-state index contributed by atoms with van der Waals surface area (Å²) in [6, 6.07) is 28.9. The van der Waals surface area contributed by atoms with E-state index in [2.05, 4.69) is 0 Å². The van der Waals surface area contributed by atoms with Crippen LogP contribution >= 0.6 is 0 Å². The quantitative estimate of drug-likeness (QED) is 0.124. The van der Waals surface area contributed by atoms with Gasteiger partial charge >= 0.3 is 11.9 Å². The van der Waals surface area contributed by atoms with Crippen LogP contribution in [0.4, 0.5) is 0 Å². The molecule has 4 aliphatic heterocycles. The van der Waals surface area contributed by atoms with Crippen LogP contribution < -0.4 is 18.9 Å². The molecule has 56 heavy (non-hydrogen) atoms. The van der Waals surface area contributed by atoms with Crippen LogP contribution in [-0.4, -0.2) is 40.2 Å². The van der Waals surface area contributed by atoms with E-state index in [1.165, 1.54) is 48.5 Å². The van der Waals surface area contributed by atoms with Crippen LogP contribution in [0.5, 0.6) is 51.7 Å². The van der Waals surface area contributed by atoms with E-state index in [1.807, 2.05) is 25.1 Å². The van der Waals surface area contributed by atoms with Gasteiger partial charge in [-0.25, -0.2) is 9.59 Å². The lowest BCUT2D eigenvalue weighted by Gasteiger charge is -2.36. The first-order valence-corrected chi connectivity index (χ1v) is 17.0. The molecular weight excluding hydrogens is 724 g/mol. The molecule has 0 aliphatic carbocycles. The molecular formula is C43H26O13. The summed E-state index contributed by atoms with van der Waals surface area (Å²) in [6.07, 6.45) is 0. The van der Waals surface area contributed by atoms with Gasteiger partial charge in [-0.1, -0.05) is 12.1 Å². The second-order valence-corrected chi connectivity index (χ2v) is 13.2. The van der Waals surface area contributed by atoms with Crippen molar-refractivity contribution in [2.24, 2.45) is 0 Å². The van der Waals surface area contributed by atoms with Crippen LogP contribution in [-0.2, 0) is 30.3 Å². The fourth-order valence-corrected chi connectivity index (χ4v) is 7.75. The zero-order valence-electron chi connectivity index (χ0n) is 29.0. The molecule has 3 N–H and O–H groups in total. The standard InChI is InChI=1S/C22H14O6.C21H12O7/c1-12-2-5-17-19(8-12)27-20-9-13(24)3-6-18(20)22(17)16-7-4-14(26-11-23)10-15(16)21(25)28-22;22-10-26-13-3-6-15-14(9-13)20(25)28-21(15)16-4-1-11(23)7-18(16)27-19-8-12(24)2-5-17(19)21/h2-11,24H,1H3;1-10,23-24H. The molecule has 13 nitrogen and oxygen atoms in total. The summed E-state index contributed by atoms with van der Waals surface area (Å²) in [5.41, 5.74) is 2.52. The number of hydrogen-bond donors (Lipinski definition) is 3. The van der Waals surface area contributed by atoms with Crippen molar-refractivity contribution in [3.63, 3.8) is 0 Å². The first-order chi connectivity index (χ1) is 27.0. The van der Waals surface area contributed by atoms with Crippen molar-refractivity contribution >= 4 is 24.9 Å². The van der Waals surface area contributed by atoms with Gasteiger partial charge in [0.05, 0.1) is 11.1 Å². The van der Waals surface area contributed by atoms with E-state index < -0.39 is 23.1 Å². The average Bonchev–Trinajstić information content (AvgIpc) is 3.62. The highest BCUT2D eigenvalue weighted by atomic mass is 16.6. The minimum Gasteiger partial charge on any atom is -0.508 e. The number of rotatable bonds is 4. The number of carbonyl (C=O) groups excluding carboxylic acids is 4. The number of fused-ring (bicyclic) bond motifs is 12. The molecule has 13 heteroatoms. The molecule has 0 saturated heterocycles. The maximum Gasteiger partial charge on any atom is 0.340 e. The summed E-state index contributed by atoms with van der Waals surface area (Å²) in [6.45, 7) is 2.52. The van der Waals surface area contributed by atoms with E-state index in [-0.39, 0.29) is 40.8 Å². The lowest BCUT2D eigenvalue weighted by molar-refractivity contribution is -0.121. The summed E-state index contributed by atoms with van der Waals surface area (Å²) in [5.74, 6) is 0.914. The molecule has 0 saturated carbocycles. The second kappa shape index (κ2) is 12.4. The van der Waals surface area contributed by atoms with Gasteiger partial charge in [0.2, 0.25) is 0 Å². The summed E-state index contributed by atoms with van der Waals surface area (Å²) in [4.78, 5) is 46.8. The minimum atomic E-state index is -1.32. The van der Waals surface area contributed by atoms with Crippen LogP contribution in [0.2, 0.25) is 0 Å². The number of aryl methyl sites for hydroxylation is 1. The molecule has 276 valence electrons. The predicted molar refractivity (Wildman–Crippen MR) is 193 cm³/mol. The Kier molecular flexibility index (Phi) is 7.52. The molecule has 4 heterocycles. The molecule has 2 spiro atoms. The fourth-order valence-electron chi connectivity index (χ4n) is 7.75. The van der Waals surface area contributed by atoms with Gasteiger partial charge in [0.25, 0.3) is 12.9 Å². The third kappa shape index (κ3) is 4.94. The zero-order chi connectivity index (χ0) is 38.9. The monoisotopic (exact) mass is 750 g/mol.